The lowest BCUT2D eigenvalue weighted by molar-refractivity contribution is 0.0994. The monoisotopic (exact) mass is 558 g/mol. The van der Waals surface area contributed by atoms with Gasteiger partial charge in [0.2, 0.25) is 10.0 Å². The first-order valence-electron chi connectivity index (χ1n) is 9.20. The topological polar surface area (TPSA) is 133 Å². The number of benzene rings is 1. The number of hydrogen-bond donors (Lipinski definition) is 2. The highest BCUT2D eigenvalue weighted by Crippen LogP contribution is 2.37. The smallest absolute Gasteiger partial charge is 0.211 e. The highest BCUT2D eigenvalue weighted by molar-refractivity contribution is 14.1. The van der Waals surface area contributed by atoms with Crippen molar-refractivity contribution in [3.63, 3.8) is 0 Å². The minimum Gasteiger partial charge on any atom is -0.382 e. The van der Waals surface area contributed by atoms with E-state index in [2.05, 4.69) is 42.3 Å². The van der Waals surface area contributed by atoms with Crippen molar-refractivity contribution in [2.24, 2.45) is 0 Å². The maximum Gasteiger partial charge on any atom is 0.211 e. The third-order valence-electron chi connectivity index (χ3n) is 4.91. The van der Waals surface area contributed by atoms with Crippen molar-refractivity contribution < 1.29 is 13.2 Å². The standard InChI is InChI=1S/C18H19IN6O3S2/c1-21-30(27,28)6-2-5-25-17-15(16(20)22-9-23-17)24-18(25)29-14-8-11-10(7-12(14)19)3-4-13(11)26/h7-9,21H,2-6H2,1H3,(H2,20,22,23). The summed E-state index contributed by atoms with van der Waals surface area (Å²) in [5.74, 6) is 0.407. The summed E-state index contributed by atoms with van der Waals surface area (Å²) in [7, 11) is -1.92. The molecule has 0 amide bonds. The molecule has 0 saturated heterocycles. The summed E-state index contributed by atoms with van der Waals surface area (Å²) in [4.78, 5) is 26.0. The number of halogens is 1. The number of ketones is 1. The Labute approximate surface area is 191 Å². The first kappa shape index (κ1) is 21.5. The number of carbonyl (C=O) groups excluding carboxylic acids is 1. The second-order valence-electron chi connectivity index (χ2n) is 6.82. The number of carbonyl (C=O) groups is 1. The van der Waals surface area contributed by atoms with Crippen LogP contribution >= 0.6 is 34.4 Å². The predicted octanol–water partition coefficient (Wildman–Crippen LogP) is 2.23. The number of nitrogens with one attached hydrogen (secondary N) is 1. The lowest BCUT2D eigenvalue weighted by atomic mass is 10.1. The number of nitrogen functional groups attached to an aromatic ring is 1. The molecule has 4 rings (SSSR count). The summed E-state index contributed by atoms with van der Waals surface area (Å²) in [6.07, 6.45) is 3.07. The number of Topliss-reactive ketones (excluding diaryl/α,β-unsaturated/α-hetero) is 1. The van der Waals surface area contributed by atoms with Crippen molar-refractivity contribution in [1.29, 1.82) is 0 Å². The summed E-state index contributed by atoms with van der Waals surface area (Å²) in [5, 5.41) is 0.627. The summed E-state index contributed by atoms with van der Waals surface area (Å²) in [5.41, 5.74) is 8.86. The molecule has 2 heterocycles. The van der Waals surface area contributed by atoms with E-state index in [4.69, 9.17) is 5.73 Å². The van der Waals surface area contributed by atoms with Crippen LogP contribution in [0, 0.1) is 3.57 Å². The van der Waals surface area contributed by atoms with Gasteiger partial charge >= 0.3 is 0 Å². The Morgan fingerprint density at radius 1 is 1.30 bits per heavy atom. The van der Waals surface area contributed by atoms with Crippen molar-refractivity contribution in [1.82, 2.24) is 24.2 Å². The minimum absolute atomic E-state index is 0.0152. The molecule has 9 nitrogen and oxygen atoms in total. The quantitative estimate of drug-likeness (QED) is 0.422. The molecule has 30 heavy (non-hydrogen) atoms. The number of hydrogen-bond acceptors (Lipinski definition) is 8. The van der Waals surface area contributed by atoms with Gasteiger partial charge in [0.25, 0.3) is 0 Å². The van der Waals surface area contributed by atoms with Gasteiger partial charge in [0.05, 0.1) is 5.75 Å². The van der Waals surface area contributed by atoms with Gasteiger partial charge < -0.3 is 10.3 Å². The fourth-order valence-electron chi connectivity index (χ4n) is 3.35. The molecule has 3 N–H and O–H groups in total. The van der Waals surface area contributed by atoms with E-state index in [0.717, 1.165) is 26.0 Å². The zero-order valence-corrected chi connectivity index (χ0v) is 19.8. The molecule has 1 aliphatic rings. The van der Waals surface area contributed by atoms with Crippen LogP contribution in [-0.4, -0.2) is 46.5 Å². The van der Waals surface area contributed by atoms with Crippen LogP contribution in [0.1, 0.15) is 28.8 Å². The molecule has 1 aliphatic carbocycles. The molecule has 3 aromatic rings. The maximum atomic E-state index is 12.2. The molecule has 0 fully saturated rings. The molecular formula is C18H19IN6O3S2. The molecule has 0 saturated carbocycles. The number of aromatic nitrogens is 4. The number of rotatable bonds is 7. The van der Waals surface area contributed by atoms with E-state index in [-0.39, 0.29) is 17.4 Å². The van der Waals surface area contributed by atoms with Crippen LogP contribution in [0.15, 0.2) is 28.5 Å². The third kappa shape index (κ3) is 4.18. The Balaban J connectivity index is 1.71. The number of aryl methyl sites for hydroxylation is 2. The van der Waals surface area contributed by atoms with Crippen LogP contribution < -0.4 is 10.5 Å². The van der Waals surface area contributed by atoms with Gasteiger partial charge in [-0.25, -0.2) is 28.1 Å². The zero-order valence-electron chi connectivity index (χ0n) is 16.1. The van der Waals surface area contributed by atoms with E-state index in [0.29, 0.717) is 35.7 Å². The Bertz CT molecular complexity index is 1260. The van der Waals surface area contributed by atoms with Crippen molar-refractivity contribution in [2.75, 3.05) is 18.5 Å². The number of anilines is 1. The fraction of sp³-hybridized carbons (Fsp3) is 0.333. The Kier molecular flexibility index (Phi) is 6.01. The van der Waals surface area contributed by atoms with Crippen LogP contribution in [0.5, 0.6) is 0 Å². The summed E-state index contributed by atoms with van der Waals surface area (Å²) in [6.45, 7) is 0.399. The molecule has 0 radical (unpaired) electrons. The van der Waals surface area contributed by atoms with Gasteiger partial charge in [0, 0.05) is 27.0 Å². The second kappa shape index (κ2) is 8.40. The van der Waals surface area contributed by atoms with E-state index in [1.54, 1.807) is 0 Å². The largest absolute Gasteiger partial charge is 0.382 e. The number of nitrogens with zero attached hydrogens (tertiary/aromatic N) is 4. The Hall–Kier alpha value is -1.77. The van der Waals surface area contributed by atoms with Crippen LogP contribution in [0.4, 0.5) is 5.82 Å². The van der Waals surface area contributed by atoms with Gasteiger partial charge in [-0.3, -0.25) is 4.79 Å². The van der Waals surface area contributed by atoms with E-state index in [1.807, 2.05) is 16.7 Å². The summed E-state index contributed by atoms with van der Waals surface area (Å²) >= 11 is 3.67. The minimum atomic E-state index is -3.31. The first-order valence-corrected chi connectivity index (χ1v) is 12.7. The number of nitrogens with two attached hydrogens (primary N) is 1. The molecule has 0 spiro atoms. The van der Waals surface area contributed by atoms with Gasteiger partial charge in [-0.05, 0) is 60.2 Å². The first-order chi connectivity index (χ1) is 14.3. The molecule has 2 aromatic heterocycles. The van der Waals surface area contributed by atoms with Crippen LogP contribution in [-0.2, 0) is 23.0 Å². The van der Waals surface area contributed by atoms with Crippen LogP contribution in [0.25, 0.3) is 11.2 Å². The molecule has 0 atom stereocenters. The predicted molar refractivity (Wildman–Crippen MR) is 123 cm³/mol. The van der Waals surface area contributed by atoms with Crippen LogP contribution in [0.3, 0.4) is 0 Å². The Morgan fingerprint density at radius 2 is 2.10 bits per heavy atom. The average molecular weight is 558 g/mol. The normalized spacial score (nSPS) is 13.9. The highest BCUT2D eigenvalue weighted by atomic mass is 127. The molecular weight excluding hydrogens is 539 g/mol. The average Bonchev–Trinajstić information content (AvgIpc) is 3.24. The van der Waals surface area contributed by atoms with Gasteiger partial charge in [0.1, 0.15) is 6.33 Å². The molecule has 1 aromatic carbocycles. The Morgan fingerprint density at radius 3 is 2.87 bits per heavy atom. The van der Waals surface area contributed by atoms with Crippen molar-refractivity contribution >= 4 is 67.1 Å². The highest BCUT2D eigenvalue weighted by Gasteiger charge is 2.23. The van der Waals surface area contributed by atoms with Crippen molar-refractivity contribution in [3.8, 4) is 0 Å². The van der Waals surface area contributed by atoms with E-state index in [1.165, 1.54) is 25.1 Å². The molecule has 12 heteroatoms. The van der Waals surface area contributed by atoms with Crippen molar-refractivity contribution in [2.45, 2.75) is 35.9 Å². The van der Waals surface area contributed by atoms with Crippen LogP contribution in [0.2, 0.25) is 0 Å². The summed E-state index contributed by atoms with van der Waals surface area (Å²) < 4.78 is 28.8. The van der Waals surface area contributed by atoms with Gasteiger partial charge in [-0.1, -0.05) is 11.8 Å². The fourth-order valence-corrected chi connectivity index (χ4v) is 5.88. The number of fused-ring (bicyclic) bond motifs is 2. The third-order valence-corrected chi connectivity index (χ3v) is 8.67. The number of imidazole rings is 1. The maximum absolute atomic E-state index is 12.2. The van der Waals surface area contributed by atoms with Gasteiger partial charge in [0.15, 0.2) is 27.9 Å². The van der Waals surface area contributed by atoms with E-state index >= 15 is 0 Å². The molecule has 0 aliphatic heterocycles. The van der Waals surface area contributed by atoms with E-state index < -0.39 is 10.0 Å². The van der Waals surface area contributed by atoms with Crippen molar-refractivity contribution in [3.05, 3.63) is 33.2 Å². The zero-order chi connectivity index (χ0) is 21.5. The molecule has 158 valence electrons. The second-order valence-corrected chi connectivity index (χ2v) is 11.0. The van der Waals surface area contributed by atoms with Gasteiger partial charge in [-0.15, -0.1) is 0 Å². The van der Waals surface area contributed by atoms with E-state index in [9.17, 15) is 13.2 Å². The number of sulfonamides is 1. The lowest BCUT2D eigenvalue weighted by Crippen LogP contribution is -2.22. The molecule has 0 bridgehead atoms. The summed E-state index contributed by atoms with van der Waals surface area (Å²) in [6, 6.07) is 3.96. The molecule has 0 unspecified atom stereocenters. The lowest BCUT2D eigenvalue weighted by Gasteiger charge is -2.10. The SMILES string of the molecule is CNS(=O)(=O)CCCn1c(Sc2cc3c(cc2I)CCC3=O)nc2c(N)ncnc21. The van der Waals surface area contributed by atoms with Gasteiger partial charge in [-0.2, -0.15) is 0 Å².